The Balaban J connectivity index is 2.40. The van der Waals surface area contributed by atoms with E-state index in [2.05, 4.69) is 5.32 Å². The van der Waals surface area contributed by atoms with Crippen molar-refractivity contribution in [1.29, 1.82) is 0 Å². The average Bonchev–Trinajstić information content (AvgIpc) is 2.76. The van der Waals surface area contributed by atoms with Crippen molar-refractivity contribution in [3.8, 4) is 0 Å². The van der Waals surface area contributed by atoms with Gasteiger partial charge < -0.3 is 15.3 Å². The smallest absolute Gasteiger partial charge is 0.326 e. The predicted molar refractivity (Wildman–Crippen MR) is 60.3 cm³/mol. The lowest BCUT2D eigenvalue weighted by molar-refractivity contribution is -0.139. The highest BCUT2D eigenvalue weighted by molar-refractivity contribution is 5.82. The van der Waals surface area contributed by atoms with Crippen LogP contribution in [0.25, 0.3) is 0 Å². The predicted octanol–water partition coefficient (Wildman–Crippen LogP) is 1.44. The zero-order chi connectivity index (χ0) is 12.0. The minimum atomic E-state index is -0.944. The second-order valence-corrected chi connectivity index (χ2v) is 4.18. The molecule has 1 fully saturated rings. The fourth-order valence-electron chi connectivity index (χ4n) is 1.83. The second kappa shape index (κ2) is 6.35. The number of carboxylic acid groups (broad SMARTS) is 1. The normalized spacial score (nSPS) is 17.2. The molecule has 5 heteroatoms. The van der Waals surface area contributed by atoms with E-state index in [9.17, 15) is 9.59 Å². The largest absolute Gasteiger partial charge is 0.480 e. The van der Waals surface area contributed by atoms with Gasteiger partial charge in [0.15, 0.2) is 0 Å². The Morgan fingerprint density at radius 3 is 2.50 bits per heavy atom. The van der Waals surface area contributed by atoms with Gasteiger partial charge >= 0.3 is 12.0 Å². The Hall–Kier alpha value is -1.26. The minimum Gasteiger partial charge on any atom is -0.480 e. The van der Waals surface area contributed by atoms with E-state index in [0.29, 0.717) is 6.42 Å². The number of carbonyl (C=O) groups is 2. The van der Waals surface area contributed by atoms with E-state index in [-0.39, 0.29) is 6.03 Å². The molecule has 1 aliphatic heterocycles. The molecule has 2 N–H and O–H groups in total. The van der Waals surface area contributed by atoms with Gasteiger partial charge in [-0.15, -0.1) is 0 Å². The van der Waals surface area contributed by atoms with E-state index >= 15 is 0 Å². The van der Waals surface area contributed by atoms with Crippen LogP contribution in [0, 0.1) is 0 Å². The number of carbonyl (C=O) groups excluding carboxylic acids is 1. The van der Waals surface area contributed by atoms with Crippen molar-refractivity contribution < 1.29 is 14.7 Å². The van der Waals surface area contributed by atoms with Gasteiger partial charge in [0.05, 0.1) is 0 Å². The number of likely N-dealkylation sites (tertiary alicyclic amines) is 1. The van der Waals surface area contributed by atoms with Crippen LogP contribution >= 0.6 is 0 Å². The molecule has 0 aromatic rings. The number of carboxylic acids is 1. The first-order valence-electron chi connectivity index (χ1n) is 5.93. The molecule has 0 bridgehead atoms. The molecule has 0 aromatic heterocycles. The highest BCUT2D eigenvalue weighted by atomic mass is 16.4. The molecule has 0 spiro atoms. The molecular formula is C11H20N2O3. The fraction of sp³-hybridized carbons (Fsp3) is 0.818. The summed E-state index contributed by atoms with van der Waals surface area (Å²) in [7, 11) is 0. The first-order valence-corrected chi connectivity index (χ1v) is 5.93. The highest BCUT2D eigenvalue weighted by Gasteiger charge is 2.24. The maximum atomic E-state index is 11.7. The number of nitrogens with one attached hydrogen (secondary N) is 1. The van der Waals surface area contributed by atoms with Crippen LogP contribution in [0.2, 0.25) is 0 Å². The second-order valence-electron chi connectivity index (χ2n) is 4.18. The van der Waals surface area contributed by atoms with Gasteiger partial charge in [-0.25, -0.2) is 9.59 Å². The Morgan fingerprint density at radius 1 is 1.38 bits per heavy atom. The Morgan fingerprint density at radius 2 is 2.00 bits per heavy atom. The molecule has 1 aliphatic rings. The van der Waals surface area contributed by atoms with Crippen LogP contribution in [0.4, 0.5) is 4.79 Å². The first kappa shape index (κ1) is 12.8. The minimum absolute atomic E-state index is 0.235. The molecular weight excluding hydrogens is 208 g/mol. The molecule has 1 rings (SSSR count). The van der Waals surface area contributed by atoms with Crippen molar-refractivity contribution >= 4 is 12.0 Å². The van der Waals surface area contributed by atoms with E-state index in [1.807, 2.05) is 6.92 Å². The Bertz CT molecular complexity index is 250. The summed E-state index contributed by atoms with van der Waals surface area (Å²) in [6.45, 7) is 3.49. The lowest BCUT2D eigenvalue weighted by atomic mass is 10.1. The van der Waals surface area contributed by atoms with Crippen LogP contribution in [-0.2, 0) is 4.79 Å². The van der Waals surface area contributed by atoms with Crippen molar-refractivity contribution in [2.45, 2.75) is 45.1 Å². The number of urea groups is 1. The van der Waals surface area contributed by atoms with E-state index in [1.165, 1.54) is 0 Å². The standard InChI is InChI=1S/C11H20N2O3/c1-2-3-6-9(10(14)15)12-11(16)13-7-4-5-8-13/h9H,2-8H2,1H3,(H,12,16)(H,14,15)/t9-/m0/s1. The van der Waals surface area contributed by atoms with E-state index in [0.717, 1.165) is 38.8 Å². The average molecular weight is 228 g/mol. The Labute approximate surface area is 95.8 Å². The van der Waals surface area contributed by atoms with Gasteiger partial charge in [0.25, 0.3) is 0 Å². The van der Waals surface area contributed by atoms with Gasteiger partial charge in [0, 0.05) is 13.1 Å². The lowest BCUT2D eigenvalue weighted by Crippen LogP contribution is -2.47. The van der Waals surface area contributed by atoms with Crippen molar-refractivity contribution in [2.24, 2.45) is 0 Å². The molecule has 0 aliphatic carbocycles. The summed E-state index contributed by atoms with van der Waals surface area (Å²) in [6, 6.07) is -0.978. The zero-order valence-corrected chi connectivity index (χ0v) is 9.74. The third-order valence-electron chi connectivity index (χ3n) is 2.84. The zero-order valence-electron chi connectivity index (χ0n) is 9.74. The molecule has 0 radical (unpaired) electrons. The van der Waals surface area contributed by atoms with Crippen molar-refractivity contribution in [3.63, 3.8) is 0 Å². The topological polar surface area (TPSA) is 69.6 Å². The SMILES string of the molecule is CCCC[C@H](NC(=O)N1CCCC1)C(=O)O. The van der Waals surface area contributed by atoms with Crippen LogP contribution in [0.5, 0.6) is 0 Å². The van der Waals surface area contributed by atoms with Crippen molar-refractivity contribution in [3.05, 3.63) is 0 Å². The highest BCUT2D eigenvalue weighted by Crippen LogP contribution is 2.08. The van der Waals surface area contributed by atoms with E-state index in [4.69, 9.17) is 5.11 Å². The molecule has 1 saturated heterocycles. The molecule has 1 heterocycles. The summed E-state index contributed by atoms with van der Waals surface area (Å²) >= 11 is 0. The molecule has 0 unspecified atom stereocenters. The van der Waals surface area contributed by atoms with Crippen LogP contribution in [-0.4, -0.2) is 41.1 Å². The molecule has 1 atom stereocenters. The third kappa shape index (κ3) is 3.72. The Kier molecular flexibility index (Phi) is 5.08. The summed E-state index contributed by atoms with van der Waals surface area (Å²) in [4.78, 5) is 24.3. The van der Waals surface area contributed by atoms with Crippen LogP contribution in [0.1, 0.15) is 39.0 Å². The lowest BCUT2D eigenvalue weighted by Gasteiger charge is -2.20. The quantitative estimate of drug-likeness (QED) is 0.748. The summed E-state index contributed by atoms with van der Waals surface area (Å²) in [6.07, 6.45) is 4.28. The summed E-state index contributed by atoms with van der Waals surface area (Å²) < 4.78 is 0. The maximum Gasteiger partial charge on any atom is 0.326 e. The number of hydrogen-bond donors (Lipinski definition) is 2. The summed E-state index contributed by atoms with van der Waals surface area (Å²) in [5.41, 5.74) is 0. The van der Waals surface area contributed by atoms with Crippen molar-refractivity contribution in [1.82, 2.24) is 10.2 Å². The third-order valence-corrected chi connectivity index (χ3v) is 2.84. The maximum absolute atomic E-state index is 11.7. The van der Waals surface area contributed by atoms with Gasteiger partial charge in [-0.2, -0.15) is 0 Å². The summed E-state index contributed by atoms with van der Waals surface area (Å²) in [5.74, 6) is -0.944. The van der Waals surface area contributed by atoms with Gasteiger partial charge in [-0.1, -0.05) is 19.8 Å². The molecule has 0 saturated carbocycles. The van der Waals surface area contributed by atoms with Crippen LogP contribution in [0.3, 0.4) is 0 Å². The molecule has 5 nitrogen and oxygen atoms in total. The van der Waals surface area contributed by atoms with Crippen LogP contribution in [0.15, 0.2) is 0 Å². The number of aliphatic carboxylic acids is 1. The van der Waals surface area contributed by atoms with Crippen LogP contribution < -0.4 is 5.32 Å². The van der Waals surface area contributed by atoms with E-state index < -0.39 is 12.0 Å². The number of nitrogens with zero attached hydrogens (tertiary/aromatic N) is 1. The molecule has 16 heavy (non-hydrogen) atoms. The molecule has 92 valence electrons. The van der Waals surface area contributed by atoms with Gasteiger partial charge in [-0.05, 0) is 19.3 Å². The fourth-order valence-corrected chi connectivity index (χ4v) is 1.83. The van der Waals surface area contributed by atoms with Gasteiger partial charge in [0.1, 0.15) is 6.04 Å². The molecule has 2 amide bonds. The van der Waals surface area contributed by atoms with E-state index in [1.54, 1.807) is 4.90 Å². The number of rotatable bonds is 5. The number of unbranched alkanes of at least 4 members (excludes halogenated alkanes) is 1. The number of hydrogen-bond acceptors (Lipinski definition) is 2. The first-order chi connectivity index (χ1) is 7.65. The van der Waals surface area contributed by atoms with Gasteiger partial charge in [-0.3, -0.25) is 0 Å². The van der Waals surface area contributed by atoms with Gasteiger partial charge in [0.2, 0.25) is 0 Å². The van der Waals surface area contributed by atoms with Crippen molar-refractivity contribution in [2.75, 3.05) is 13.1 Å². The number of amides is 2. The molecule has 0 aromatic carbocycles. The monoisotopic (exact) mass is 228 g/mol. The summed E-state index contributed by atoms with van der Waals surface area (Å²) in [5, 5.41) is 11.5.